The fourth-order valence-corrected chi connectivity index (χ4v) is 5.77. The second kappa shape index (κ2) is 12.4. The van der Waals surface area contributed by atoms with Gasteiger partial charge in [-0.1, -0.05) is 17.7 Å². The van der Waals surface area contributed by atoms with Crippen molar-refractivity contribution in [3.63, 3.8) is 0 Å². The Morgan fingerprint density at radius 3 is 2.47 bits per heavy atom. The summed E-state index contributed by atoms with van der Waals surface area (Å²) in [5.41, 5.74) is 1.72. The van der Waals surface area contributed by atoms with Crippen molar-refractivity contribution in [1.29, 1.82) is 0 Å². The number of ether oxygens (including phenoxy) is 1. The number of halogens is 2. The maximum Gasteiger partial charge on any atom is 0.318 e. The summed E-state index contributed by atoms with van der Waals surface area (Å²) < 4.78 is 46.4. The highest BCUT2D eigenvalue weighted by molar-refractivity contribution is 7.89. The highest BCUT2D eigenvalue weighted by atomic mass is 35.5. The first-order valence-electron chi connectivity index (χ1n) is 13.8. The number of fused-ring (bicyclic) bond motifs is 1. The van der Waals surface area contributed by atoms with Crippen LogP contribution in [0, 0.1) is 12.7 Å². The molecule has 3 aromatic heterocycles. The lowest BCUT2D eigenvalue weighted by Gasteiger charge is -2.36. The molecule has 17 heteroatoms. The number of aromatic nitrogens is 5. The monoisotopic (exact) mass is 659 g/mol. The Bertz CT molecular complexity index is 1970. The number of hydrogen-bond acceptors (Lipinski definition) is 12. The van der Waals surface area contributed by atoms with E-state index < -0.39 is 27.8 Å². The van der Waals surface area contributed by atoms with E-state index in [4.69, 9.17) is 21.3 Å². The molecule has 1 aliphatic heterocycles. The molecule has 1 aromatic carbocycles. The molecule has 0 spiro atoms. The van der Waals surface area contributed by atoms with E-state index >= 15 is 0 Å². The van der Waals surface area contributed by atoms with Gasteiger partial charge >= 0.3 is 6.01 Å². The Balaban J connectivity index is 1.48. The summed E-state index contributed by atoms with van der Waals surface area (Å²) in [5.74, 6) is -0.931. The number of aryl methyl sites for hydroxylation is 1. The molecule has 45 heavy (non-hydrogen) atoms. The van der Waals surface area contributed by atoms with E-state index in [1.807, 2.05) is 29.5 Å². The van der Waals surface area contributed by atoms with E-state index in [9.17, 15) is 22.4 Å². The Labute approximate surface area is 263 Å². The van der Waals surface area contributed by atoms with Gasteiger partial charge in [-0.25, -0.2) is 32.5 Å². The number of nitrogens with one attached hydrogen (secondary N) is 2. The normalized spacial score (nSPS) is 14.4. The summed E-state index contributed by atoms with van der Waals surface area (Å²) in [5, 5.41) is 3.62. The molecule has 2 N–H and O–H groups in total. The van der Waals surface area contributed by atoms with Gasteiger partial charge in [0.05, 0.1) is 42.2 Å². The first-order chi connectivity index (χ1) is 21.3. The Kier molecular flexibility index (Phi) is 8.80. The molecular formula is C28H31ClFN9O5S. The van der Waals surface area contributed by atoms with Crippen molar-refractivity contribution in [2.45, 2.75) is 19.9 Å². The first kappa shape index (κ1) is 31.8. The minimum Gasteiger partial charge on any atom is -0.467 e. The largest absolute Gasteiger partial charge is 0.467 e. The predicted molar refractivity (Wildman–Crippen MR) is 168 cm³/mol. The smallest absolute Gasteiger partial charge is 0.318 e. The van der Waals surface area contributed by atoms with Crippen molar-refractivity contribution in [1.82, 2.24) is 29.2 Å². The zero-order chi connectivity index (χ0) is 32.6. The van der Waals surface area contributed by atoms with Crippen molar-refractivity contribution in [2.75, 3.05) is 54.7 Å². The lowest BCUT2D eigenvalue weighted by molar-refractivity contribution is 0.0977. The van der Waals surface area contributed by atoms with Crippen LogP contribution in [0.3, 0.4) is 0 Å². The van der Waals surface area contributed by atoms with Crippen molar-refractivity contribution in [3.8, 4) is 6.01 Å². The molecule has 0 unspecified atom stereocenters. The van der Waals surface area contributed by atoms with Crippen LogP contribution in [0.5, 0.6) is 6.01 Å². The van der Waals surface area contributed by atoms with Crippen LogP contribution in [0.25, 0.3) is 10.9 Å². The van der Waals surface area contributed by atoms with Crippen LogP contribution in [0.15, 0.2) is 35.3 Å². The van der Waals surface area contributed by atoms with Crippen LogP contribution in [0.4, 0.5) is 21.8 Å². The number of carbonyl (C=O) groups is 1. The number of pyridine rings is 1. The summed E-state index contributed by atoms with van der Waals surface area (Å²) in [6.07, 6.45) is 1.93. The lowest BCUT2D eigenvalue weighted by Crippen LogP contribution is -2.48. The maximum absolute atomic E-state index is 14.5. The Morgan fingerprint density at radius 2 is 1.80 bits per heavy atom. The molecule has 0 bridgehead atoms. The Morgan fingerprint density at radius 1 is 1.11 bits per heavy atom. The van der Waals surface area contributed by atoms with Gasteiger partial charge in [0.2, 0.25) is 16.0 Å². The zero-order valence-electron chi connectivity index (χ0n) is 25.1. The minimum absolute atomic E-state index is 0.00403. The summed E-state index contributed by atoms with van der Waals surface area (Å²) >= 11 is 6.02. The van der Waals surface area contributed by atoms with Crippen LogP contribution >= 0.6 is 11.6 Å². The fourth-order valence-electron chi connectivity index (χ4n) is 5.19. The van der Waals surface area contributed by atoms with E-state index in [0.717, 1.165) is 18.0 Å². The molecule has 4 heterocycles. The molecule has 0 radical (unpaired) electrons. The van der Waals surface area contributed by atoms with Crippen LogP contribution in [-0.4, -0.2) is 78.4 Å². The third-order valence-corrected chi connectivity index (χ3v) is 8.04. The number of nitrogens with zero attached hydrogens (tertiary/aromatic N) is 7. The number of benzene rings is 1. The number of amides is 1. The number of carbonyl (C=O) groups excluding carboxylic acids is 1. The van der Waals surface area contributed by atoms with Crippen LogP contribution in [0.2, 0.25) is 5.15 Å². The van der Waals surface area contributed by atoms with Crippen molar-refractivity contribution in [2.24, 2.45) is 7.05 Å². The molecule has 238 valence electrons. The number of methoxy groups -OCH3 is 1. The Hall–Kier alpha value is -4.57. The van der Waals surface area contributed by atoms with Crippen LogP contribution < -0.4 is 30.1 Å². The van der Waals surface area contributed by atoms with Gasteiger partial charge in [0.1, 0.15) is 5.15 Å². The SMILES string of the molecule is COc1ncc(F)c(N2CCN(c3nc4c([C@@H](C)Nc5ccc(Cl)nc5C(=O)NS(C)(=O)=O)cc(C)cc4c(=O)n3C)CC2)n1. The second-order valence-electron chi connectivity index (χ2n) is 10.6. The molecule has 1 fully saturated rings. The third-order valence-electron chi connectivity index (χ3n) is 7.27. The molecule has 1 amide bonds. The molecule has 1 saturated heterocycles. The maximum atomic E-state index is 14.5. The molecule has 0 saturated carbocycles. The van der Waals surface area contributed by atoms with Crippen molar-refractivity contribution >= 4 is 55.9 Å². The number of piperazine rings is 1. The first-order valence-corrected chi connectivity index (χ1v) is 16.1. The molecule has 1 atom stereocenters. The molecule has 5 rings (SSSR count). The van der Waals surface area contributed by atoms with Crippen LogP contribution in [0.1, 0.15) is 34.6 Å². The summed E-state index contributed by atoms with van der Waals surface area (Å²) in [6, 6.07) is 6.20. The van der Waals surface area contributed by atoms with E-state index in [2.05, 4.69) is 20.3 Å². The standard InChI is InChI=1S/C28H31ClFN9O5S/c1-15-12-17(16(2)32-20-6-7-21(29)33-23(20)25(40)36-45(5,42)43)22-18(13-15)26(41)37(3)28(34-22)39-10-8-38(9-11-39)24-19(30)14-31-27(35-24)44-4/h6-7,12-14,16,32H,8-11H2,1-5H3,(H,36,40)/t16-/m1/s1. The number of anilines is 3. The molecule has 4 aromatic rings. The topological polar surface area (TPSA) is 165 Å². The molecule has 1 aliphatic rings. The van der Waals surface area contributed by atoms with Crippen LogP contribution in [-0.2, 0) is 17.1 Å². The summed E-state index contributed by atoms with van der Waals surface area (Å²) in [7, 11) is -0.796. The molecule has 0 aliphatic carbocycles. The van der Waals surface area contributed by atoms with Gasteiger partial charge in [-0.15, -0.1) is 0 Å². The number of hydrogen-bond donors (Lipinski definition) is 2. The van der Waals surface area contributed by atoms with Gasteiger partial charge in [-0.3, -0.25) is 14.2 Å². The van der Waals surface area contributed by atoms with Crippen molar-refractivity contribution in [3.05, 3.63) is 68.6 Å². The van der Waals surface area contributed by atoms with E-state index in [0.29, 0.717) is 48.6 Å². The quantitative estimate of drug-likeness (QED) is 0.266. The second-order valence-corrected chi connectivity index (χ2v) is 12.8. The van der Waals surface area contributed by atoms with Gasteiger partial charge in [-0.05, 0) is 37.6 Å². The van der Waals surface area contributed by atoms with Gasteiger partial charge in [-0.2, -0.15) is 4.98 Å². The average Bonchev–Trinajstić information content (AvgIpc) is 2.99. The number of sulfonamides is 1. The zero-order valence-corrected chi connectivity index (χ0v) is 26.7. The van der Waals surface area contributed by atoms with Crippen molar-refractivity contribution < 1.29 is 22.3 Å². The average molecular weight is 660 g/mol. The molecular weight excluding hydrogens is 629 g/mol. The summed E-state index contributed by atoms with van der Waals surface area (Å²) in [4.78, 5) is 47.0. The summed E-state index contributed by atoms with van der Waals surface area (Å²) in [6.45, 7) is 5.36. The minimum atomic E-state index is -3.86. The highest BCUT2D eigenvalue weighted by Gasteiger charge is 2.26. The number of rotatable bonds is 8. The van der Waals surface area contributed by atoms with E-state index in [-0.39, 0.29) is 33.9 Å². The van der Waals surface area contributed by atoms with Gasteiger partial charge in [0, 0.05) is 38.8 Å². The predicted octanol–water partition coefficient (Wildman–Crippen LogP) is 2.42. The van der Waals surface area contributed by atoms with E-state index in [1.165, 1.54) is 23.8 Å². The third kappa shape index (κ3) is 6.76. The van der Waals surface area contributed by atoms with E-state index in [1.54, 1.807) is 18.0 Å². The lowest BCUT2D eigenvalue weighted by atomic mass is 10.0. The van der Waals surface area contributed by atoms with Gasteiger partial charge in [0.15, 0.2) is 17.3 Å². The highest BCUT2D eigenvalue weighted by Crippen LogP contribution is 2.30. The van der Waals surface area contributed by atoms with Gasteiger partial charge in [0.25, 0.3) is 11.5 Å². The fraction of sp³-hybridized carbons (Fsp3) is 0.357. The van der Waals surface area contributed by atoms with Gasteiger partial charge < -0.3 is 19.9 Å². The molecule has 14 nitrogen and oxygen atoms in total.